The van der Waals surface area contributed by atoms with Crippen LogP contribution in [0.25, 0.3) is 0 Å². The van der Waals surface area contributed by atoms with Crippen LogP contribution in [-0.2, 0) is 5.60 Å². The number of aliphatic hydroxyl groups is 1. The molecule has 0 amide bonds. The molecule has 0 bridgehead atoms. The molecule has 0 heterocycles. The summed E-state index contributed by atoms with van der Waals surface area (Å²) >= 11 is 0. The molecule has 11 heavy (non-hydrogen) atoms. The number of hydrogen-bond acceptors (Lipinski definition) is 1. The van der Waals surface area contributed by atoms with E-state index in [1.165, 1.54) is 0 Å². The predicted octanol–water partition coefficient (Wildman–Crippen LogP) is 1.97. The fraction of sp³-hybridized carbons (Fsp3) is 0.300. The van der Waals surface area contributed by atoms with Crippen LogP contribution in [0, 0.1) is 6.92 Å². The molecule has 1 heteroatoms. The van der Waals surface area contributed by atoms with Gasteiger partial charge < -0.3 is 5.11 Å². The lowest BCUT2D eigenvalue weighted by molar-refractivity contribution is 0.0786. The normalized spacial score (nSPS) is 11.6. The predicted molar refractivity (Wildman–Crippen MR) is 45.1 cm³/mol. The fourth-order valence-electron chi connectivity index (χ4n) is 0.891. The third-order valence-corrected chi connectivity index (χ3v) is 1.62. The second kappa shape index (κ2) is 2.67. The summed E-state index contributed by atoms with van der Waals surface area (Å²) in [5, 5.41) is 9.54. The molecule has 0 fully saturated rings. The first-order chi connectivity index (χ1) is 5.00. The highest BCUT2D eigenvalue weighted by Gasteiger charge is 2.14. The Labute approximate surface area is 67.7 Å². The molecule has 0 aliphatic carbocycles. The zero-order chi connectivity index (χ0) is 8.48. The van der Waals surface area contributed by atoms with Crippen LogP contribution in [0.3, 0.4) is 0 Å². The standard InChI is InChI=1S/C10H12O/c1-8-4-6-9(7-5-8)10(2,3)11/h1,4-7,11H,2-3H3. The lowest BCUT2D eigenvalue weighted by atomic mass is 9.98. The molecule has 1 rings (SSSR count). The lowest BCUT2D eigenvalue weighted by Gasteiger charge is -2.17. The van der Waals surface area contributed by atoms with Crippen molar-refractivity contribution in [1.82, 2.24) is 0 Å². The minimum atomic E-state index is -0.770. The zero-order valence-corrected chi connectivity index (χ0v) is 6.83. The van der Waals surface area contributed by atoms with Crippen molar-refractivity contribution in [3.8, 4) is 0 Å². The quantitative estimate of drug-likeness (QED) is 0.645. The molecular weight excluding hydrogens is 136 g/mol. The highest BCUT2D eigenvalue weighted by Crippen LogP contribution is 2.19. The maximum atomic E-state index is 9.54. The molecule has 0 atom stereocenters. The van der Waals surface area contributed by atoms with Crippen molar-refractivity contribution >= 4 is 0 Å². The van der Waals surface area contributed by atoms with E-state index < -0.39 is 5.60 Å². The first-order valence-corrected chi connectivity index (χ1v) is 3.58. The summed E-state index contributed by atoms with van der Waals surface area (Å²) in [5.74, 6) is 0. The van der Waals surface area contributed by atoms with Gasteiger partial charge in [0.1, 0.15) is 0 Å². The molecule has 0 aliphatic rings. The van der Waals surface area contributed by atoms with E-state index in [-0.39, 0.29) is 0 Å². The van der Waals surface area contributed by atoms with Gasteiger partial charge in [-0.15, -0.1) is 0 Å². The van der Waals surface area contributed by atoms with Gasteiger partial charge in [0.2, 0.25) is 0 Å². The first kappa shape index (κ1) is 8.28. The Kier molecular flexibility index (Phi) is 2.01. The van der Waals surface area contributed by atoms with Crippen LogP contribution < -0.4 is 0 Å². The topological polar surface area (TPSA) is 20.2 Å². The lowest BCUT2D eigenvalue weighted by Crippen LogP contribution is -2.14. The Bertz CT molecular complexity index is 228. The Morgan fingerprint density at radius 2 is 1.64 bits per heavy atom. The van der Waals surface area contributed by atoms with E-state index in [9.17, 15) is 5.11 Å². The Balaban J connectivity index is 2.99. The third kappa shape index (κ3) is 2.05. The van der Waals surface area contributed by atoms with Gasteiger partial charge in [0.25, 0.3) is 0 Å². The van der Waals surface area contributed by atoms with Crippen molar-refractivity contribution in [3.63, 3.8) is 0 Å². The summed E-state index contributed by atoms with van der Waals surface area (Å²) in [6, 6.07) is 7.23. The molecule has 58 valence electrons. The van der Waals surface area contributed by atoms with E-state index in [1.54, 1.807) is 26.0 Å². The van der Waals surface area contributed by atoms with Crippen molar-refractivity contribution in [3.05, 3.63) is 42.3 Å². The van der Waals surface area contributed by atoms with Crippen LogP contribution in [0.15, 0.2) is 24.3 Å². The van der Waals surface area contributed by atoms with Crippen LogP contribution in [0.5, 0.6) is 0 Å². The minimum Gasteiger partial charge on any atom is -0.386 e. The Morgan fingerprint density at radius 3 is 2.00 bits per heavy atom. The van der Waals surface area contributed by atoms with Crippen molar-refractivity contribution in [2.75, 3.05) is 0 Å². The molecule has 0 saturated carbocycles. The third-order valence-electron chi connectivity index (χ3n) is 1.62. The second-order valence-corrected chi connectivity index (χ2v) is 3.18. The highest BCUT2D eigenvalue weighted by atomic mass is 16.3. The van der Waals surface area contributed by atoms with E-state index >= 15 is 0 Å². The molecule has 1 N–H and O–H groups in total. The molecule has 0 spiro atoms. The minimum absolute atomic E-state index is 0.720. The van der Waals surface area contributed by atoms with Crippen LogP contribution in [0.4, 0.5) is 0 Å². The second-order valence-electron chi connectivity index (χ2n) is 3.18. The zero-order valence-electron chi connectivity index (χ0n) is 6.83. The fourth-order valence-corrected chi connectivity index (χ4v) is 0.891. The largest absolute Gasteiger partial charge is 0.386 e. The summed E-state index contributed by atoms with van der Waals surface area (Å²) in [5.41, 5.74) is 0.831. The average molecular weight is 148 g/mol. The van der Waals surface area contributed by atoms with Crippen LogP contribution in [0.1, 0.15) is 25.0 Å². The summed E-state index contributed by atoms with van der Waals surface area (Å²) in [4.78, 5) is 0. The van der Waals surface area contributed by atoms with E-state index in [0.29, 0.717) is 0 Å². The van der Waals surface area contributed by atoms with E-state index in [2.05, 4.69) is 0 Å². The number of benzene rings is 1. The van der Waals surface area contributed by atoms with Gasteiger partial charge in [-0.2, -0.15) is 0 Å². The van der Waals surface area contributed by atoms with Gasteiger partial charge in [0, 0.05) is 0 Å². The molecule has 1 aromatic carbocycles. The molecule has 2 radical (unpaired) electrons. The van der Waals surface area contributed by atoms with Crippen molar-refractivity contribution in [1.29, 1.82) is 0 Å². The molecule has 0 aliphatic heterocycles. The molecule has 1 nitrogen and oxygen atoms in total. The van der Waals surface area contributed by atoms with Gasteiger partial charge >= 0.3 is 0 Å². The Hall–Kier alpha value is -0.820. The van der Waals surface area contributed by atoms with Crippen molar-refractivity contribution in [2.45, 2.75) is 19.4 Å². The van der Waals surface area contributed by atoms with Gasteiger partial charge in [-0.25, -0.2) is 0 Å². The molecule has 0 aromatic heterocycles. The summed E-state index contributed by atoms with van der Waals surface area (Å²) in [7, 11) is 0. The average Bonchev–Trinajstić information content (AvgIpc) is 1.86. The summed E-state index contributed by atoms with van der Waals surface area (Å²) < 4.78 is 0. The first-order valence-electron chi connectivity index (χ1n) is 3.58. The Morgan fingerprint density at radius 1 is 1.18 bits per heavy atom. The molecular formula is C10H12O. The summed E-state index contributed by atoms with van der Waals surface area (Å²) in [6.07, 6.45) is 0. The molecule has 0 unspecified atom stereocenters. The monoisotopic (exact) mass is 148 g/mol. The van der Waals surface area contributed by atoms with Crippen LogP contribution >= 0.6 is 0 Å². The smallest absolute Gasteiger partial charge is 0.0840 e. The molecule has 1 aromatic rings. The van der Waals surface area contributed by atoms with E-state index in [1.807, 2.05) is 12.1 Å². The van der Waals surface area contributed by atoms with E-state index in [4.69, 9.17) is 6.92 Å². The molecule has 0 saturated heterocycles. The maximum absolute atomic E-state index is 9.54. The van der Waals surface area contributed by atoms with Crippen molar-refractivity contribution in [2.24, 2.45) is 0 Å². The number of rotatable bonds is 1. The van der Waals surface area contributed by atoms with Crippen molar-refractivity contribution < 1.29 is 5.11 Å². The highest BCUT2D eigenvalue weighted by molar-refractivity contribution is 5.27. The number of hydrogen-bond donors (Lipinski definition) is 1. The van der Waals surface area contributed by atoms with Gasteiger partial charge in [-0.1, -0.05) is 24.3 Å². The van der Waals surface area contributed by atoms with Crippen LogP contribution in [0.2, 0.25) is 0 Å². The van der Waals surface area contributed by atoms with Gasteiger partial charge in [-0.05, 0) is 31.9 Å². The van der Waals surface area contributed by atoms with Crippen LogP contribution in [-0.4, -0.2) is 5.11 Å². The maximum Gasteiger partial charge on any atom is 0.0840 e. The SMILES string of the molecule is [CH]c1ccc(C(C)(C)O)cc1. The van der Waals surface area contributed by atoms with E-state index in [0.717, 1.165) is 11.1 Å². The van der Waals surface area contributed by atoms with Gasteiger partial charge in [-0.3, -0.25) is 0 Å². The van der Waals surface area contributed by atoms with Gasteiger partial charge in [0.05, 0.1) is 5.60 Å². The van der Waals surface area contributed by atoms with Gasteiger partial charge in [0.15, 0.2) is 0 Å². The summed E-state index contributed by atoms with van der Waals surface area (Å²) in [6.45, 7) is 8.99.